The van der Waals surface area contributed by atoms with Gasteiger partial charge in [-0.1, -0.05) is 79.5 Å². The molecule has 67 heavy (non-hydrogen) atoms. The Balaban J connectivity index is 1.72. The van der Waals surface area contributed by atoms with Gasteiger partial charge in [-0.3, -0.25) is 38.5 Å². The lowest BCUT2D eigenvalue weighted by Crippen LogP contribution is -2.55. The van der Waals surface area contributed by atoms with Crippen LogP contribution in [0.1, 0.15) is 112 Å². The molecular formula is C50H76FN5O11. The summed E-state index contributed by atoms with van der Waals surface area (Å²) in [7, 11) is 6.21. The lowest BCUT2D eigenvalue weighted by atomic mass is 9.83. The average Bonchev–Trinajstić information content (AvgIpc) is 3.90. The van der Waals surface area contributed by atoms with Crippen molar-refractivity contribution < 1.29 is 57.3 Å². The fourth-order valence-corrected chi connectivity index (χ4v) is 9.64. The number of ether oxygens (including phenoxy) is 2. The highest BCUT2D eigenvalue weighted by Gasteiger charge is 2.44. The van der Waals surface area contributed by atoms with Crippen LogP contribution >= 0.6 is 0 Å². The van der Waals surface area contributed by atoms with Gasteiger partial charge in [0.25, 0.3) is 11.8 Å². The summed E-state index contributed by atoms with van der Waals surface area (Å²) in [5, 5.41) is 12.4. The molecule has 9 atom stereocenters. The minimum atomic E-state index is -1.40. The second kappa shape index (κ2) is 26.5. The molecule has 1 fully saturated rings. The Labute approximate surface area is 396 Å². The lowest BCUT2D eigenvalue weighted by molar-refractivity contribution is -0.150. The molecular weight excluding hydrogens is 866 g/mol. The van der Waals surface area contributed by atoms with Gasteiger partial charge in [0.2, 0.25) is 23.6 Å². The highest BCUT2D eigenvalue weighted by molar-refractivity contribution is 6.12. The van der Waals surface area contributed by atoms with Gasteiger partial charge in [-0.15, -0.1) is 0 Å². The SMILES string of the molecule is CC[C@H](C)[C@@H]([C@@H](CC(=O)N1CCC[C@H]1[C@H](OC)[C@@H](C)C(=O)N[C@@H](Cc1ccccc1F)C(=O)O)OC)N(C)C(=O)[C@@H](CC(=O)[C@H](C(C)C)N(C)C(=O)CCCCCN1C(=O)C=CC1=O)C(C)C. The number of benzene rings is 1. The molecule has 2 aliphatic rings. The van der Waals surface area contributed by atoms with Gasteiger partial charge in [-0.2, -0.15) is 0 Å². The maximum Gasteiger partial charge on any atom is 0.326 e. The first-order valence-corrected chi connectivity index (χ1v) is 23.8. The predicted molar refractivity (Wildman–Crippen MR) is 249 cm³/mol. The maximum atomic E-state index is 14.6. The molecule has 16 nitrogen and oxygen atoms in total. The number of methoxy groups -OCH3 is 2. The van der Waals surface area contributed by atoms with Crippen LogP contribution in [-0.2, 0) is 54.3 Å². The molecule has 0 spiro atoms. The van der Waals surface area contributed by atoms with Gasteiger partial charge in [-0.05, 0) is 55.1 Å². The molecule has 0 saturated carbocycles. The van der Waals surface area contributed by atoms with Gasteiger partial charge in [0.15, 0.2) is 5.78 Å². The van der Waals surface area contributed by atoms with Crippen LogP contribution in [0.4, 0.5) is 4.39 Å². The molecule has 0 radical (unpaired) electrons. The molecule has 2 heterocycles. The number of nitrogens with one attached hydrogen (secondary N) is 1. The number of rotatable bonds is 28. The van der Waals surface area contributed by atoms with Gasteiger partial charge in [0.05, 0.1) is 42.7 Å². The first kappa shape index (κ1) is 56.3. The number of ketones is 1. The van der Waals surface area contributed by atoms with Crippen LogP contribution in [0.25, 0.3) is 0 Å². The Morgan fingerprint density at radius 3 is 2.07 bits per heavy atom. The molecule has 0 aliphatic carbocycles. The maximum absolute atomic E-state index is 14.6. The van der Waals surface area contributed by atoms with Gasteiger partial charge >= 0.3 is 5.97 Å². The van der Waals surface area contributed by atoms with Crippen LogP contribution in [-0.4, -0.2) is 150 Å². The molecule has 2 N–H and O–H groups in total. The van der Waals surface area contributed by atoms with Crippen molar-refractivity contribution in [2.75, 3.05) is 41.4 Å². The Kier molecular flexibility index (Phi) is 22.3. The number of carboxylic acids is 1. The highest BCUT2D eigenvalue weighted by atomic mass is 19.1. The van der Waals surface area contributed by atoms with E-state index in [1.807, 2.05) is 41.5 Å². The summed E-state index contributed by atoms with van der Waals surface area (Å²) in [5.41, 5.74) is 0.146. The zero-order chi connectivity index (χ0) is 50.3. The zero-order valence-electron chi connectivity index (χ0n) is 41.5. The second-order valence-electron chi connectivity index (χ2n) is 19.0. The van der Waals surface area contributed by atoms with E-state index in [1.54, 1.807) is 36.9 Å². The predicted octanol–water partition coefficient (Wildman–Crippen LogP) is 5.06. The monoisotopic (exact) mass is 942 g/mol. The van der Waals surface area contributed by atoms with E-state index >= 15 is 0 Å². The van der Waals surface area contributed by atoms with Crippen molar-refractivity contribution in [3.8, 4) is 0 Å². The Morgan fingerprint density at radius 2 is 1.52 bits per heavy atom. The highest BCUT2D eigenvalue weighted by Crippen LogP contribution is 2.31. The summed E-state index contributed by atoms with van der Waals surface area (Å²) >= 11 is 0. The first-order chi connectivity index (χ1) is 31.6. The number of carbonyl (C=O) groups excluding carboxylic acids is 7. The fourth-order valence-electron chi connectivity index (χ4n) is 9.64. The van der Waals surface area contributed by atoms with Gasteiger partial charge in [0, 0.05) is 78.7 Å². The normalized spacial score (nSPS) is 18.6. The number of likely N-dealkylation sites (tertiary alicyclic amines) is 1. The van der Waals surface area contributed by atoms with Crippen molar-refractivity contribution in [3.63, 3.8) is 0 Å². The molecule has 6 amide bonds. The van der Waals surface area contributed by atoms with Crippen LogP contribution in [0.3, 0.4) is 0 Å². The van der Waals surface area contributed by atoms with E-state index in [9.17, 15) is 47.9 Å². The van der Waals surface area contributed by atoms with Crippen molar-refractivity contribution in [2.45, 2.75) is 149 Å². The molecule has 374 valence electrons. The minimum Gasteiger partial charge on any atom is -0.480 e. The standard InChI is InChI=1S/C50H76FN5O11/c1-12-32(6)46(54(9)49(63)35(30(2)3)28-39(57)45(31(4)5)53(8)41(58)22-14-13-17-25-56-42(59)23-24-43(56)60)40(66-10)29-44(61)55-26-18-21-38(55)47(67-11)33(7)48(62)52-37(50(64)65)27-34-19-15-16-20-36(34)51/h15-16,19-20,23-24,30-33,35,37-38,40,45-47H,12-14,17-18,21-22,25-29H2,1-11H3,(H,52,62)(H,64,65)/t32-,33+,35-,37-,38-,40+,45-,46-,47+/m0/s1. The van der Waals surface area contributed by atoms with Crippen LogP contribution in [0.2, 0.25) is 0 Å². The Bertz CT molecular complexity index is 1910. The molecule has 1 saturated heterocycles. The minimum absolute atomic E-state index is 0.0975. The van der Waals surface area contributed by atoms with Crippen molar-refractivity contribution >= 4 is 47.2 Å². The second-order valence-corrected chi connectivity index (χ2v) is 19.0. The summed E-state index contributed by atoms with van der Waals surface area (Å²) in [6, 6.07) is 2.49. The van der Waals surface area contributed by atoms with E-state index in [2.05, 4.69) is 5.32 Å². The number of likely N-dealkylation sites (N-methyl/N-ethyl adjacent to an activating group) is 2. The van der Waals surface area contributed by atoms with Gasteiger partial charge in [-0.25, -0.2) is 9.18 Å². The number of hydrogen-bond donors (Lipinski definition) is 2. The van der Waals surface area contributed by atoms with E-state index in [0.29, 0.717) is 45.1 Å². The first-order valence-electron chi connectivity index (χ1n) is 23.8. The third-order valence-corrected chi connectivity index (χ3v) is 13.7. The smallest absolute Gasteiger partial charge is 0.326 e. The van der Waals surface area contributed by atoms with Crippen LogP contribution < -0.4 is 5.32 Å². The van der Waals surface area contributed by atoms with E-state index in [0.717, 1.165) is 0 Å². The molecule has 1 aromatic carbocycles. The molecule has 0 unspecified atom stereocenters. The third-order valence-electron chi connectivity index (χ3n) is 13.7. The largest absolute Gasteiger partial charge is 0.480 e. The van der Waals surface area contributed by atoms with Crippen LogP contribution in [0.5, 0.6) is 0 Å². The zero-order valence-corrected chi connectivity index (χ0v) is 41.5. The fraction of sp³-hybridized carbons (Fsp3) is 0.680. The molecule has 2 aliphatic heterocycles. The van der Waals surface area contributed by atoms with Gasteiger partial charge in [0.1, 0.15) is 11.9 Å². The average molecular weight is 942 g/mol. The molecule has 0 bridgehead atoms. The van der Waals surface area contributed by atoms with Crippen molar-refractivity contribution in [2.24, 2.45) is 29.6 Å². The summed E-state index contributed by atoms with van der Waals surface area (Å²) in [4.78, 5) is 112. The summed E-state index contributed by atoms with van der Waals surface area (Å²) < 4.78 is 26.3. The summed E-state index contributed by atoms with van der Waals surface area (Å²) in [6.45, 7) is 13.7. The Hall–Kier alpha value is -5.03. The lowest BCUT2D eigenvalue weighted by Gasteiger charge is -2.41. The van der Waals surface area contributed by atoms with E-state index in [1.165, 1.54) is 54.4 Å². The van der Waals surface area contributed by atoms with E-state index in [4.69, 9.17) is 9.47 Å². The number of hydrogen-bond acceptors (Lipinski definition) is 10. The quantitative estimate of drug-likeness (QED) is 0.0841. The third kappa shape index (κ3) is 15.0. The topological polar surface area (TPSA) is 200 Å². The molecule has 1 aromatic rings. The van der Waals surface area contributed by atoms with Crippen molar-refractivity contribution in [1.82, 2.24) is 24.9 Å². The van der Waals surface area contributed by atoms with E-state index in [-0.39, 0.29) is 90.9 Å². The number of halogens is 1. The van der Waals surface area contributed by atoms with Gasteiger partial charge < -0.3 is 34.6 Å². The summed E-state index contributed by atoms with van der Waals surface area (Å²) in [5.74, 6) is -6.45. The Morgan fingerprint density at radius 1 is 0.881 bits per heavy atom. The number of carbonyl (C=O) groups is 8. The van der Waals surface area contributed by atoms with Crippen molar-refractivity contribution in [3.05, 3.63) is 47.8 Å². The number of imide groups is 1. The number of carboxylic acid groups (broad SMARTS) is 1. The number of amides is 6. The number of Topliss-reactive ketones (excluding diaryl/α,β-unsaturated/α-hetero) is 1. The molecule has 17 heteroatoms. The number of nitrogens with zero attached hydrogens (tertiary/aromatic N) is 4. The molecule has 0 aromatic heterocycles. The van der Waals surface area contributed by atoms with E-state index < -0.39 is 65.9 Å². The van der Waals surface area contributed by atoms with Crippen molar-refractivity contribution in [1.29, 1.82) is 0 Å². The van der Waals surface area contributed by atoms with Crippen LogP contribution in [0.15, 0.2) is 36.4 Å². The number of aliphatic carboxylic acids is 1. The van der Waals surface area contributed by atoms with Crippen LogP contribution in [0, 0.1) is 35.4 Å². The molecule has 3 rings (SSSR count). The summed E-state index contributed by atoms with van der Waals surface area (Å²) in [6.07, 6.45) is 4.12. The number of unbranched alkanes of at least 4 members (excludes halogenated alkanes) is 2.